The number of carbonyl (C=O) groups is 3. The Labute approximate surface area is 277 Å². The molecule has 5 rings (SSSR count). The first-order chi connectivity index (χ1) is 23.3. The number of amides is 3. The highest BCUT2D eigenvalue weighted by atomic mass is 16.5. The van der Waals surface area contributed by atoms with Crippen LogP contribution in [0, 0.1) is 0 Å². The molecule has 0 radical (unpaired) electrons. The second-order valence-corrected chi connectivity index (χ2v) is 10.6. The largest absolute Gasteiger partial charge is 0.493 e. The molecule has 0 bridgehead atoms. The molecule has 1 atom stereocenters. The molecule has 1 aliphatic rings. The van der Waals surface area contributed by atoms with E-state index in [1.54, 1.807) is 57.4 Å². The third-order valence-corrected chi connectivity index (χ3v) is 7.52. The van der Waals surface area contributed by atoms with Crippen LogP contribution in [0.15, 0.2) is 95.2 Å². The third kappa shape index (κ3) is 7.66. The molecular formula is C36H36N4O8. The minimum absolute atomic E-state index is 0.179. The Morgan fingerprint density at radius 1 is 0.917 bits per heavy atom. The lowest BCUT2D eigenvalue weighted by Crippen LogP contribution is -2.45. The van der Waals surface area contributed by atoms with Crippen molar-refractivity contribution >= 4 is 34.9 Å². The number of nitrogens with one attached hydrogen (secondary N) is 3. The molecule has 12 nitrogen and oxygen atoms in total. The van der Waals surface area contributed by atoms with E-state index < -0.39 is 23.9 Å². The Kier molecular flexibility index (Phi) is 10.8. The van der Waals surface area contributed by atoms with Gasteiger partial charge in [0.05, 0.1) is 38.7 Å². The standard InChI is InChI=1S/C36H36N4O8/c1-5-46-35(42)32-22(2)38-36(43)39-33(32)24-16-17-28(30(18-24)45-4)47-21-31(41)40-37-19-25-12-9-15-29(44-3)34(25)48-20-26-13-8-11-23-10-6-7-14-27(23)26/h6-19,33H,5,20-21H2,1-4H3,(H,40,41)(H2,38,39,43)/b37-19+/t33-/m1/s1. The van der Waals surface area contributed by atoms with Crippen LogP contribution < -0.4 is 35.0 Å². The molecule has 3 amide bonds. The Bertz CT molecular complexity index is 1880. The summed E-state index contributed by atoms with van der Waals surface area (Å²) in [5.74, 6) is 0.494. The lowest BCUT2D eigenvalue weighted by Gasteiger charge is -2.28. The van der Waals surface area contributed by atoms with Gasteiger partial charge >= 0.3 is 12.0 Å². The quantitative estimate of drug-likeness (QED) is 0.102. The minimum Gasteiger partial charge on any atom is -0.493 e. The van der Waals surface area contributed by atoms with E-state index in [1.165, 1.54) is 13.3 Å². The number of fused-ring (bicyclic) bond motifs is 1. The second-order valence-electron chi connectivity index (χ2n) is 10.6. The summed E-state index contributed by atoms with van der Waals surface area (Å²) >= 11 is 0. The molecule has 4 aromatic rings. The zero-order chi connectivity index (χ0) is 34.0. The first kappa shape index (κ1) is 33.3. The third-order valence-electron chi connectivity index (χ3n) is 7.52. The maximum absolute atomic E-state index is 12.7. The van der Waals surface area contributed by atoms with Crippen LogP contribution in [0.1, 0.15) is 36.6 Å². The molecule has 48 heavy (non-hydrogen) atoms. The lowest BCUT2D eigenvalue weighted by molar-refractivity contribution is -0.139. The van der Waals surface area contributed by atoms with Gasteiger partial charge in [0.15, 0.2) is 29.6 Å². The second kappa shape index (κ2) is 15.5. The monoisotopic (exact) mass is 652 g/mol. The fourth-order valence-electron chi connectivity index (χ4n) is 5.27. The molecule has 0 aliphatic carbocycles. The normalized spacial score (nSPS) is 14.2. The van der Waals surface area contributed by atoms with Crippen molar-refractivity contribution in [2.24, 2.45) is 5.10 Å². The predicted molar refractivity (Wildman–Crippen MR) is 179 cm³/mol. The van der Waals surface area contributed by atoms with Crippen molar-refractivity contribution < 1.29 is 38.1 Å². The number of hydrazone groups is 1. The molecule has 3 N–H and O–H groups in total. The van der Waals surface area contributed by atoms with E-state index in [9.17, 15) is 14.4 Å². The van der Waals surface area contributed by atoms with E-state index in [1.807, 2.05) is 30.3 Å². The van der Waals surface area contributed by atoms with E-state index in [4.69, 9.17) is 23.7 Å². The van der Waals surface area contributed by atoms with Crippen LogP contribution in [-0.4, -0.2) is 51.6 Å². The average molecular weight is 653 g/mol. The molecule has 0 aromatic heterocycles. The number of nitrogens with zero attached hydrogens (tertiary/aromatic N) is 1. The van der Waals surface area contributed by atoms with E-state index in [-0.39, 0.29) is 24.5 Å². The Morgan fingerprint density at radius 2 is 1.69 bits per heavy atom. The molecule has 4 aromatic carbocycles. The molecule has 0 fully saturated rings. The number of hydrogen-bond acceptors (Lipinski definition) is 9. The molecule has 0 saturated heterocycles. The van der Waals surface area contributed by atoms with Gasteiger partial charge in [-0.1, -0.05) is 54.6 Å². The topological polar surface area (TPSA) is 146 Å². The number of hydrogen-bond donors (Lipinski definition) is 3. The highest BCUT2D eigenvalue weighted by molar-refractivity contribution is 5.95. The summed E-state index contributed by atoms with van der Waals surface area (Å²) in [6, 6.07) is 23.2. The summed E-state index contributed by atoms with van der Waals surface area (Å²) in [6.07, 6.45) is 1.47. The van der Waals surface area contributed by atoms with Crippen LogP contribution >= 0.6 is 0 Å². The van der Waals surface area contributed by atoms with E-state index in [0.29, 0.717) is 40.7 Å². The summed E-state index contributed by atoms with van der Waals surface area (Å²) in [6.45, 7) is 3.44. The fourth-order valence-corrected chi connectivity index (χ4v) is 5.27. The number of benzene rings is 4. The summed E-state index contributed by atoms with van der Waals surface area (Å²) < 4.78 is 28.1. The smallest absolute Gasteiger partial charge is 0.338 e. The molecule has 0 unspecified atom stereocenters. The van der Waals surface area contributed by atoms with E-state index in [0.717, 1.165) is 16.3 Å². The van der Waals surface area contributed by atoms with Crippen molar-refractivity contribution in [2.45, 2.75) is 26.5 Å². The fraction of sp³-hybridized carbons (Fsp3) is 0.222. The predicted octanol–water partition coefficient (Wildman–Crippen LogP) is 5.16. The summed E-state index contributed by atoms with van der Waals surface area (Å²) in [4.78, 5) is 37.5. The molecule has 248 valence electrons. The van der Waals surface area contributed by atoms with Gasteiger partial charge in [0, 0.05) is 11.3 Å². The highest BCUT2D eigenvalue weighted by Gasteiger charge is 2.32. The van der Waals surface area contributed by atoms with Crippen molar-refractivity contribution in [1.29, 1.82) is 0 Å². The number of methoxy groups -OCH3 is 2. The SMILES string of the molecule is CCOC(=O)C1=C(C)NC(=O)N[C@@H]1c1ccc(OCC(=O)N/N=C/c2cccc(OC)c2OCc2cccc3ccccc23)c(OC)c1. The van der Waals surface area contributed by atoms with Gasteiger partial charge in [0.25, 0.3) is 5.91 Å². The summed E-state index contributed by atoms with van der Waals surface area (Å²) in [5, 5.41) is 11.7. The Balaban J connectivity index is 1.24. The highest BCUT2D eigenvalue weighted by Crippen LogP contribution is 2.35. The summed E-state index contributed by atoms with van der Waals surface area (Å²) in [5.41, 5.74) is 5.29. The van der Waals surface area contributed by atoms with Crippen molar-refractivity contribution in [3.05, 3.63) is 107 Å². The first-order valence-corrected chi connectivity index (χ1v) is 15.2. The molecule has 1 heterocycles. The first-order valence-electron chi connectivity index (χ1n) is 15.2. The van der Waals surface area contributed by atoms with Gasteiger partial charge in [-0.25, -0.2) is 15.0 Å². The van der Waals surface area contributed by atoms with Crippen LogP contribution in [0.25, 0.3) is 10.8 Å². The molecule has 1 aliphatic heterocycles. The van der Waals surface area contributed by atoms with Gasteiger partial charge in [-0.05, 0) is 60.0 Å². The molecular weight excluding hydrogens is 616 g/mol. The number of carbonyl (C=O) groups excluding carboxylic acids is 3. The van der Waals surface area contributed by atoms with E-state index in [2.05, 4.69) is 33.3 Å². The van der Waals surface area contributed by atoms with Gasteiger partial charge in [0.1, 0.15) is 6.61 Å². The van der Waals surface area contributed by atoms with Crippen molar-refractivity contribution in [3.8, 4) is 23.0 Å². The minimum atomic E-state index is -0.782. The number of ether oxygens (including phenoxy) is 5. The van der Waals surface area contributed by atoms with Crippen LogP contribution in [-0.2, 0) is 20.9 Å². The lowest BCUT2D eigenvalue weighted by atomic mass is 9.95. The number of allylic oxidation sites excluding steroid dienone is 1. The molecule has 0 spiro atoms. The number of para-hydroxylation sites is 1. The maximum atomic E-state index is 12.7. The van der Waals surface area contributed by atoms with Gasteiger partial charge in [-0.15, -0.1) is 0 Å². The van der Waals surface area contributed by atoms with Gasteiger partial charge < -0.3 is 34.3 Å². The molecule has 0 saturated carbocycles. The Hall–Kier alpha value is -6.04. The van der Waals surface area contributed by atoms with Crippen molar-refractivity contribution in [2.75, 3.05) is 27.4 Å². The number of rotatable bonds is 13. The maximum Gasteiger partial charge on any atom is 0.338 e. The van der Waals surface area contributed by atoms with Gasteiger partial charge in [0.2, 0.25) is 0 Å². The zero-order valence-electron chi connectivity index (χ0n) is 27.0. The van der Waals surface area contributed by atoms with Crippen LogP contribution in [0.3, 0.4) is 0 Å². The van der Waals surface area contributed by atoms with Crippen molar-refractivity contribution in [1.82, 2.24) is 16.1 Å². The van der Waals surface area contributed by atoms with E-state index >= 15 is 0 Å². The van der Waals surface area contributed by atoms with Gasteiger partial charge in [-0.3, -0.25) is 4.79 Å². The van der Waals surface area contributed by atoms with Gasteiger partial charge in [-0.2, -0.15) is 5.10 Å². The van der Waals surface area contributed by atoms with Crippen molar-refractivity contribution in [3.63, 3.8) is 0 Å². The zero-order valence-corrected chi connectivity index (χ0v) is 27.0. The number of esters is 1. The Morgan fingerprint density at radius 3 is 2.48 bits per heavy atom. The average Bonchev–Trinajstić information content (AvgIpc) is 3.09. The summed E-state index contributed by atoms with van der Waals surface area (Å²) in [7, 11) is 3.00. The van der Waals surface area contributed by atoms with Crippen LogP contribution in [0.4, 0.5) is 4.79 Å². The molecule has 12 heteroatoms. The van der Waals surface area contributed by atoms with Crippen LogP contribution in [0.2, 0.25) is 0 Å². The number of urea groups is 1. The van der Waals surface area contributed by atoms with Crippen LogP contribution in [0.5, 0.6) is 23.0 Å².